The molecule has 0 spiro atoms. The Morgan fingerprint density at radius 3 is 2.49 bits per heavy atom. The maximum Gasteiger partial charge on any atom is 0.269 e. The van der Waals surface area contributed by atoms with E-state index in [9.17, 15) is 4.79 Å². The highest BCUT2D eigenvalue weighted by Crippen LogP contribution is 2.29. The first-order valence-electron chi connectivity index (χ1n) is 12.5. The third-order valence-electron chi connectivity index (χ3n) is 6.92. The van der Waals surface area contributed by atoms with E-state index >= 15 is 0 Å². The lowest BCUT2D eigenvalue weighted by molar-refractivity contribution is 0.0996. The van der Waals surface area contributed by atoms with Crippen molar-refractivity contribution in [3.63, 3.8) is 0 Å². The number of amides is 1. The van der Waals surface area contributed by atoms with E-state index < -0.39 is 5.91 Å². The van der Waals surface area contributed by atoms with E-state index in [1.807, 2.05) is 42.9 Å². The molecule has 0 aliphatic heterocycles. The molecular weight excluding hydrogens is 464 g/mol. The van der Waals surface area contributed by atoms with Gasteiger partial charge in [0.2, 0.25) is 0 Å². The number of rotatable bonds is 7. The van der Waals surface area contributed by atoms with Crippen molar-refractivity contribution >= 4 is 23.1 Å². The second kappa shape index (κ2) is 10.4. The highest BCUT2D eigenvalue weighted by molar-refractivity contribution is 5.97. The molecule has 4 aromatic rings. The quantitative estimate of drug-likeness (QED) is 0.298. The van der Waals surface area contributed by atoms with Gasteiger partial charge in [0.05, 0.1) is 17.6 Å². The number of hydrogen-bond donors (Lipinski definition) is 4. The lowest BCUT2D eigenvalue weighted by Crippen LogP contribution is -2.42. The Hall–Kier alpha value is -4.24. The molecule has 5 rings (SSSR count). The van der Waals surface area contributed by atoms with Crippen LogP contribution in [0.5, 0.6) is 0 Å². The van der Waals surface area contributed by atoms with Crippen molar-refractivity contribution < 1.29 is 4.79 Å². The fourth-order valence-corrected chi connectivity index (χ4v) is 4.90. The SMILES string of the molecule is Cc1nc(Nc2cc(N[C@@H]3CCCC[C@@H]3N)cnc2C(N)=O)ccc1-c1ccc(-c2nccn2C)cc1. The first kappa shape index (κ1) is 24.5. The van der Waals surface area contributed by atoms with Crippen LogP contribution in [-0.4, -0.2) is 37.5 Å². The van der Waals surface area contributed by atoms with E-state index in [0.29, 0.717) is 11.5 Å². The molecule has 9 nitrogen and oxygen atoms in total. The van der Waals surface area contributed by atoms with Crippen molar-refractivity contribution in [3.8, 4) is 22.5 Å². The van der Waals surface area contributed by atoms with E-state index in [0.717, 1.165) is 59.6 Å². The summed E-state index contributed by atoms with van der Waals surface area (Å²) in [5.41, 5.74) is 17.3. The molecule has 1 fully saturated rings. The molecule has 190 valence electrons. The molecule has 1 saturated carbocycles. The monoisotopic (exact) mass is 496 g/mol. The van der Waals surface area contributed by atoms with Crippen LogP contribution in [0.4, 0.5) is 17.2 Å². The van der Waals surface area contributed by atoms with Gasteiger partial charge in [0.1, 0.15) is 11.6 Å². The third kappa shape index (κ3) is 5.31. The van der Waals surface area contributed by atoms with Gasteiger partial charge in [-0.2, -0.15) is 0 Å². The minimum absolute atomic E-state index is 0.0932. The first-order valence-corrected chi connectivity index (χ1v) is 12.5. The van der Waals surface area contributed by atoms with Gasteiger partial charge < -0.3 is 26.7 Å². The van der Waals surface area contributed by atoms with Gasteiger partial charge in [-0.1, -0.05) is 37.1 Å². The highest BCUT2D eigenvalue weighted by Gasteiger charge is 2.22. The second-order valence-corrected chi connectivity index (χ2v) is 9.58. The van der Waals surface area contributed by atoms with Crippen LogP contribution in [0.3, 0.4) is 0 Å². The van der Waals surface area contributed by atoms with E-state index in [1.165, 1.54) is 0 Å². The van der Waals surface area contributed by atoms with Crippen molar-refractivity contribution in [2.75, 3.05) is 10.6 Å². The fourth-order valence-electron chi connectivity index (χ4n) is 4.90. The molecule has 1 amide bonds. The maximum atomic E-state index is 12.1. The third-order valence-corrected chi connectivity index (χ3v) is 6.92. The summed E-state index contributed by atoms with van der Waals surface area (Å²) in [6.45, 7) is 1.96. The fraction of sp³-hybridized carbons (Fsp3) is 0.286. The van der Waals surface area contributed by atoms with Crippen LogP contribution in [-0.2, 0) is 7.05 Å². The molecule has 9 heteroatoms. The predicted molar refractivity (Wildman–Crippen MR) is 147 cm³/mol. The molecule has 0 bridgehead atoms. The zero-order chi connectivity index (χ0) is 25.9. The van der Waals surface area contributed by atoms with Crippen molar-refractivity contribution in [2.45, 2.75) is 44.7 Å². The summed E-state index contributed by atoms with van der Waals surface area (Å²) in [5, 5.41) is 6.72. The van der Waals surface area contributed by atoms with Crippen molar-refractivity contribution in [2.24, 2.45) is 18.5 Å². The number of primary amides is 1. The lowest BCUT2D eigenvalue weighted by Gasteiger charge is -2.30. The van der Waals surface area contributed by atoms with Gasteiger partial charge in [0.25, 0.3) is 5.91 Å². The Kier molecular flexibility index (Phi) is 6.87. The highest BCUT2D eigenvalue weighted by atomic mass is 16.1. The number of benzene rings is 1. The number of aromatic nitrogens is 4. The molecule has 2 atom stereocenters. The molecule has 1 aliphatic carbocycles. The molecule has 0 saturated heterocycles. The van der Waals surface area contributed by atoms with Crippen molar-refractivity contribution in [3.05, 3.63) is 72.4 Å². The summed E-state index contributed by atoms with van der Waals surface area (Å²) < 4.78 is 1.99. The minimum atomic E-state index is -0.607. The second-order valence-electron chi connectivity index (χ2n) is 9.58. The van der Waals surface area contributed by atoms with Gasteiger partial charge >= 0.3 is 0 Å². The normalized spacial score (nSPS) is 17.4. The van der Waals surface area contributed by atoms with Crippen molar-refractivity contribution in [1.82, 2.24) is 19.5 Å². The van der Waals surface area contributed by atoms with Crippen LogP contribution in [0.1, 0.15) is 41.9 Å². The summed E-state index contributed by atoms with van der Waals surface area (Å²) in [6, 6.07) is 14.3. The smallest absolute Gasteiger partial charge is 0.269 e. The molecule has 1 aliphatic rings. The zero-order valence-corrected chi connectivity index (χ0v) is 21.1. The van der Waals surface area contributed by atoms with Gasteiger partial charge in [0, 0.05) is 48.3 Å². The largest absolute Gasteiger partial charge is 0.379 e. The van der Waals surface area contributed by atoms with Gasteiger partial charge in [0.15, 0.2) is 5.69 Å². The van der Waals surface area contributed by atoms with E-state index in [2.05, 4.69) is 44.9 Å². The number of hydrogen-bond acceptors (Lipinski definition) is 7. The number of carbonyl (C=O) groups excluding carboxylic acids is 1. The van der Waals surface area contributed by atoms with Crippen LogP contribution in [0.15, 0.2) is 61.1 Å². The topological polar surface area (TPSA) is 137 Å². The standard InChI is InChI=1S/C28H32N8O/c1-17-21(18-7-9-19(10-8-18)28-31-13-14-36(28)2)11-12-25(33-17)35-24-15-20(16-32-26(24)27(30)37)34-23-6-4-3-5-22(23)29/h7-16,22-23,34H,3-6,29H2,1-2H3,(H2,30,37)(H,33,35)/t22-,23+/m0/s1. The van der Waals surface area contributed by atoms with Crippen molar-refractivity contribution in [1.29, 1.82) is 0 Å². The molecule has 1 aromatic carbocycles. The van der Waals surface area contributed by atoms with Gasteiger partial charge in [-0.3, -0.25) is 4.79 Å². The van der Waals surface area contributed by atoms with Crippen LogP contribution < -0.4 is 22.1 Å². The number of nitrogens with two attached hydrogens (primary N) is 2. The molecule has 0 unspecified atom stereocenters. The molecule has 37 heavy (non-hydrogen) atoms. The number of nitrogens with one attached hydrogen (secondary N) is 2. The Balaban J connectivity index is 1.37. The van der Waals surface area contributed by atoms with Crippen LogP contribution in [0.25, 0.3) is 22.5 Å². The van der Waals surface area contributed by atoms with Gasteiger partial charge in [-0.15, -0.1) is 0 Å². The number of nitrogens with zero attached hydrogens (tertiary/aromatic N) is 4. The Labute approximate surface area is 216 Å². The first-order chi connectivity index (χ1) is 17.9. The van der Waals surface area contributed by atoms with Gasteiger partial charge in [-0.05, 0) is 43.5 Å². The average molecular weight is 497 g/mol. The summed E-state index contributed by atoms with van der Waals surface area (Å²) in [6.07, 6.45) is 9.65. The van der Waals surface area contributed by atoms with Crippen LogP contribution in [0, 0.1) is 6.92 Å². The maximum absolute atomic E-state index is 12.1. The van der Waals surface area contributed by atoms with E-state index in [4.69, 9.17) is 16.5 Å². The summed E-state index contributed by atoms with van der Waals surface area (Å²) in [4.78, 5) is 25.5. The number of anilines is 3. The molecular formula is C28H32N8O. The van der Waals surface area contributed by atoms with E-state index in [-0.39, 0.29) is 17.8 Å². The molecule has 0 radical (unpaired) electrons. The Morgan fingerprint density at radius 2 is 1.81 bits per heavy atom. The van der Waals surface area contributed by atoms with Crippen LogP contribution >= 0.6 is 0 Å². The Bertz CT molecular complexity index is 1410. The predicted octanol–water partition coefficient (Wildman–Crippen LogP) is 4.38. The minimum Gasteiger partial charge on any atom is -0.379 e. The zero-order valence-electron chi connectivity index (χ0n) is 21.1. The number of aryl methyl sites for hydroxylation is 2. The van der Waals surface area contributed by atoms with E-state index in [1.54, 1.807) is 12.4 Å². The summed E-state index contributed by atoms with van der Waals surface area (Å²) in [7, 11) is 1.98. The number of carbonyl (C=O) groups is 1. The number of imidazole rings is 1. The summed E-state index contributed by atoms with van der Waals surface area (Å²) in [5.74, 6) is 0.910. The Morgan fingerprint density at radius 1 is 1.05 bits per heavy atom. The summed E-state index contributed by atoms with van der Waals surface area (Å²) >= 11 is 0. The van der Waals surface area contributed by atoms with Crippen LogP contribution in [0.2, 0.25) is 0 Å². The molecule has 3 heterocycles. The molecule has 3 aromatic heterocycles. The lowest BCUT2D eigenvalue weighted by atomic mass is 9.91. The average Bonchev–Trinajstić information content (AvgIpc) is 3.31. The molecule has 6 N–H and O–H groups in total. The van der Waals surface area contributed by atoms with Gasteiger partial charge in [-0.25, -0.2) is 15.0 Å². The number of pyridine rings is 2.